The van der Waals surface area contributed by atoms with Crippen LogP contribution in [0.1, 0.15) is 45.6 Å². The Morgan fingerprint density at radius 2 is 2.00 bits per heavy atom. The minimum absolute atomic E-state index is 0.467. The van der Waals surface area contributed by atoms with Gasteiger partial charge in [0.1, 0.15) is 0 Å². The van der Waals surface area contributed by atoms with Gasteiger partial charge in [0.2, 0.25) is 0 Å². The highest BCUT2D eigenvalue weighted by molar-refractivity contribution is 5.56. The molecule has 0 aliphatic rings. The van der Waals surface area contributed by atoms with Crippen molar-refractivity contribution in [2.45, 2.75) is 52.5 Å². The molecule has 1 atom stereocenters. The summed E-state index contributed by atoms with van der Waals surface area (Å²) in [7, 11) is 1.85. The minimum atomic E-state index is 0.467. The summed E-state index contributed by atoms with van der Waals surface area (Å²) in [5.74, 6) is 0. The number of allylic oxidation sites excluding steroid dienone is 2. The molecule has 23 heavy (non-hydrogen) atoms. The molecule has 1 aromatic rings. The van der Waals surface area contributed by atoms with Gasteiger partial charge in [0.25, 0.3) is 0 Å². The number of nitrogens with zero attached hydrogens (tertiary/aromatic N) is 2. The summed E-state index contributed by atoms with van der Waals surface area (Å²) < 4.78 is 0. The van der Waals surface area contributed by atoms with Crippen LogP contribution in [-0.4, -0.2) is 30.9 Å². The standard InChI is InChI=1S/C21H32N2/c1-5-7-12-21(11-6-2)17-23(18-22-4)19(3)15-16-20-13-9-8-10-14-20/h6,8-14,18-19H,5,7,15-17H2,1-4H3/b11-6-,21-12+,22-18-. The van der Waals surface area contributed by atoms with Crippen LogP contribution in [0.15, 0.2) is 59.1 Å². The predicted molar refractivity (Wildman–Crippen MR) is 103 cm³/mol. The van der Waals surface area contributed by atoms with Gasteiger partial charge in [0.05, 0.1) is 6.34 Å². The maximum absolute atomic E-state index is 4.26. The zero-order valence-corrected chi connectivity index (χ0v) is 15.2. The Morgan fingerprint density at radius 1 is 1.26 bits per heavy atom. The third kappa shape index (κ3) is 7.83. The van der Waals surface area contributed by atoms with Crippen molar-refractivity contribution >= 4 is 6.34 Å². The van der Waals surface area contributed by atoms with Crippen molar-refractivity contribution in [2.24, 2.45) is 4.99 Å². The second kappa shape index (κ2) is 11.7. The molecule has 0 radical (unpaired) electrons. The van der Waals surface area contributed by atoms with Crippen LogP contribution in [0.3, 0.4) is 0 Å². The lowest BCUT2D eigenvalue weighted by Crippen LogP contribution is -2.33. The topological polar surface area (TPSA) is 15.6 Å². The second-order valence-electron chi connectivity index (χ2n) is 5.99. The Labute approximate surface area is 142 Å². The first kappa shape index (κ1) is 19.2. The maximum atomic E-state index is 4.26. The van der Waals surface area contributed by atoms with E-state index in [1.165, 1.54) is 17.6 Å². The van der Waals surface area contributed by atoms with Crippen molar-refractivity contribution in [3.05, 3.63) is 59.7 Å². The van der Waals surface area contributed by atoms with Crippen LogP contribution >= 0.6 is 0 Å². The summed E-state index contributed by atoms with van der Waals surface area (Å²) in [5.41, 5.74) is 2.78. The third-order valence-electron chi connectivity index (χ3n) is 3.96. The lowest BCUT2D eigenvalue weighted by atomic mass is 10.0. The molecule has 0 amide bonds. The molecule has 0 bridgehead atoms. The molecule has 0 saturated heterocycles. The number of unbranched alkanes of at least 4 members (excludes halogenated alkanes) is 1. The van der Waals surface area contributed by atoms with Crippen LogP contribution in [0.2, 0.25) is 0 Å². The molecule has 0 heterocycles. The molecule has 1 aromatic carbocycles. The molecule has 0 aromatic heterocycles. The Balaban J connectivity index is 2.67. The van der Waals surface area contributed by atoms with E-state index in [9.17, 15) is 0 Å². The fraction of sp³-hybridized carbons (Fsp3) is 0.476. The average molecular weight is 313 g/mol. The molecule has 126 valence electrons. The molecule has 0 N–H and O–H groups in total. The first-order valence-electron chi connectivity index (χ1n) is 8.74. The quantitative estimate of drug-likeness (QED) is 0.326. The summed E-state index contributed by atoms with van der Waals surface area (Å²) in [6.45, 7) is 7.52. The number of hydrogen-bond acceptors (Lipinski definition) is 1. The lowest BCUT2D eigenvalue weighted by Gasteiger charge is -2.27. The van der Waals surface area contributed by atoms with E-state index in [0.29, 0.717) is 6.04 Å². The number of aliphatic imine (C=N–C) groups is 1. The summed E-state index contributed by atoms with van der Waals surface area (Å²) >= 11 is 0. The Bertz CT molecular complexity index is 500. The highest BCUT2D eigenvalue weighted by Crippen LogP contribution is 2.12. The molecule has 1 rings (SSSR count). The Hall–Kier alpha value is -1.83. The van der Waals surface area contributed by atoms with Gasteiger partial charge >= 0.3 is 0 Å². The average Bonchev–Trinajstić information content (AvgIpc) is 2.58. The van der Waals surface area contributed by atoms with E-state index in [2.05, 4.69) is 79.2 Å². The second-order valence-corrected chi connectivity index (χ2v) is 5.99. The van der Waals surface area contributed by atoms with Crippen molar-refractivity contribution < 1.29 is 0 Å². The molecular formula is C21H32N2. The molecule has 2 heteroatoms. The number of hydrogen-bond donors (Lipinski definition) is 0. The molecule has 1 unspecified atom stereocenters. The zero-order valence-electron chi connectivity index (χ0n) is 15.2. The van der Waals surface area contributed by atoms with E-state index in [1.807, 2.05) is 13.4 Å². The number of rotatable bonds is 10. The first-order valence-corrected chi connectivity index (χ1v) is 8.74. The van der Waals surface area contributed by atoms with Gasteiger partial charge in [-0.2, -0.15) is 0 Å². The van der Waals surface area contributed by atoms with Crippen molar-refractivity contribution in [3.8, 4) is 0 Å². The zero-order chi connectivity index (χ0) is 16.9. The highest BCUT2D eigenvalue weighted by atomic mass is 15.2. The molecule has 0 aliphatic heterocycles. The summed E-state index contributed by atoms with van der Waals surface area (Å²) in [4.78, 5) is 6.61. The summed E-state index contributed by atoms with van der Waals surface area (Å²) in [5, 5.41) is 0. The largest absolute Gasteiger partial charge is 0.356 e. The maximum Gasteiger partial charge on any atom is 0.0851 e. The van der Waals surface area contributed by atoms with Crippen LogP contribution in [0.5, 0.6) is 0 Å². The van der Waals surface area contributed by atoms with Gasteiger partial charge in [-0.3, -0.25) is 4.99 Å². The van der Waals surface area contributed by atoms with Gasteiger partial charge in [0.15, 0.2) is 0 Å². The van der Waals surface area contributed by atoms with Gasteiger partial charge in [-0.05, 0) is 44.2 Å². The van der Waals surface area contributed by atoms with Crippen molar-refractivity contribution in [2.75, 3.05) is 13.6 Å². The van der Waals surface area contributed by atoms with Gasteiger partial charge in [-0.25, -0.2) is 0 Å². The molecule has 2 nitrogen and oxygen atoms in total. The van der Waals surface area contributed by atoms with E-state index in [1.54, 1.807) is 0 Å². The van der Waals surface area contributed by atoms with E-state index in [4.69, 9.17) is 0 Å². The summed E-state index contributed by atoms with van der Waals surface area (Å²) in [6, 6.07) is 11.2. The first-order chi connectivity index (χ1) is 11.2. The molecule has 0 spiro atoms. The number of aryl methyl sites for hydroxylation is 1. The number of benzene rings is 1. The van der Waals surface area contributed by atoms with Gasteiger partial charge in [0, 0.05) is 19.6 Å². The fourth-order valence-corrected chi connectivity index (χ4v) is 2.58. The molecular weight excluding hydrogens is 280 g/mol. The molecule has 0 fully saturated rings. The molecule has 0 aliphatic carbocycles. The normalized spacial score (nSPS) is 13.8. The Morgan fingerprint density at radius 3 is 2.61 bits per heavy atom. The van der Waals surface area contributed by atoms with Gasteiger partial charge in [-0.1, -0.05) is 61.9 Å². The SMILES string of the molecule is C/C=C\C(=C/CCC)CN(/C=N\C)C(C)CCc1ccccc1. The van der Waals surface area contributed by atoms with E-state index < -0.39 is 0 Å². The minimum Gasteiger partial charge on any atom is -0.356 e. The Kier molecular flexibility index (Phi) is 9.78. The summed E-state index contributed by atoms with van der Waals surface area (Å²) in [6.07, 6.45) is 13.2. The van der Waals surface area contributed by atoms with Crippen LogP contribution in [-0.2, 0) is 6.42 Å². The fourth-order valence-electron chi connectivity index (χ4n) is 2.58. The van der Waals surface area contributed by atoms with Crippen molar-refractivity contribution in [3.63, 3.8) is 0 Å². The smallest absolute Gasteiger partial charge is 0.0851 e. The highest BCUT2D eigenvalue weighted by Gasteiger charge is 2.11. The van der Waals surface area contributed by atoms with E-state index >= 15 is 0 Å². The monoisotopic (exact) mass is 312 g/mol. The molecule has 0 saturated carbocycles. The third-order valence-corrected chi connectivity index (χ3v) is 3.96. The van der Waals surface area contributed by atoms with Crippen LogP contribution in [0.25, 0.3) is 0 Å². The van der Waals surface area contributed by atoms with Crippen molar-refractivity contribution in [1.29, 1.82) is 0 Å². The predicted octanol–water partition coefficient (Wildman–Crippen LogP) is 5.27. The van der Waals surface area contributed by atoms with Gasteiger partial charge in [-0.15, -0.1) is 0 Å². The van der Waals surface area contributed by atoms with Crippen molar-refractivity contribution in [1.82, 2.24) is 4.90 Å². The van der Waals surface area contributed by atoms with E-state index in [0.717, 1.165) is 25.8 Å². The lowest BCUT2D eigenvalue weighted by molar-refractivity contribution is 0.346. The van der Waals surface area contributed by atoms with E-state index in [-0.39, 0.29) is 0 Å². The van der Waals surface area contributed by atoms with Crippen LogP contribution in [0, 0.1) is 0 Å². The van der Waals surface area contributed by atoms with Crippen LogP contribution in [0.4, 0.5) is 0 Å². The van der Waals surface area contributed by atoms with Crippen LogP contribution < -0.4 is 0 Å². The van der Waals surface area contributed by atoms with Gasteiger partial charge < -0.3 is 4.90 Å².